The van der Waals surface area contributed by atoms with Crippen molar-refractivity contribution in [2.75, 3.05) is 47.3 Å². The van der Waals surface area contributed by atoms with Gasteiger partial charge in [-0.1, -0.05) is 18.2 Å². The normalized spacial score (nSPS) is 21.7. The van der Waals surface area contributed by atoms with E-state index >= 15 is 0 Å². The first kappa shape index (κ1) is 22.9. The third-order valence-electron chi connectivity index (χ3n) is 6.14. The number of hydrogen-bond donors (Lipinski definition) is 2. The average molecular weight is 456 g/mol. The fourth-order valence-electron chi connectivity index (χ4n) is 4.61. The highest BCUT2D eigenvalue weighted by Crippen LogP contribution is 2.47. The molecular weight excluding hydrogens is 428 g/mol. The zero-order valence-electron chi connectivity index (χ0n) is 18.7. The van der Waals surface area contributed by atoms with Crippen molar-refractivity contribution in [1.82, 2.24) is 10.2 Å². The molecule has 0 aromatic heterocycles. The summed E-state index contributed by atoms with van der Waals surface area (Å²) in [4.78, 5) is 27.1. The molecule has 2 aromatic carbocycles. The molecular formula is C24H28N2O7. The first-order chi connectivity index (χ1) is 16.0. The van der Waals surface area contributed by atoms with Gasteiger partial charge >= 0.3 is 5.97 Å². The number of carboxylic acids is 1. The van der Waals surface area contributed by atoms with Crippen LogP contribution in [0.25, 0.3) is 0 Å². The second-order valence-corrected chi connectivity index (χ2v) is 8.07. The van der Waals surface area contributed by atoms with Gasteiger partial charge in [-0.05, 0) is 35.4 Å². The lowest BCUT2D eigenvalue weighted by Crippen LogP contribution is -2.39. The standard InChI is InChI=1S/C24H28N2O7/c1-30-10-9-25-21(27)13-26-12-18(16-5-8-19-20(11-16)33-14-32-19)22(24(28)29)23(26)15-3-6-17(31-2)7-4-15/h3-8,11,18,22-23H,9-10,12-14H2,1-2H3,(H,25,27)(H,28,29)/t18-,22-,23+/m0/s1. The number of nitrogens with one attached hydrogen (secondary N) is 1. The molecule has 9 nitrogen and oxygen atoms in total. The molecule has 0 unspecified atom stereocenters. The summed E-state index contributed by atoms with van der Waals surface area (Å²) in [5, 5.41) is 13.1. The zero-order chi connectivity index (χ0) is 23.4. The lowest BCUT2D eigenvalue weighted by molar-refractivity contribution is -0.143. The second-order valence-electron chi connectivity index (χ2n) is 8.07. The summed E-state index contributed by atoms with van der Waals surface area (Å²) < 4.78 is 21.2. The molecule has 2 aromatic rings. The first-order valence-corrected chi connectivity index (χ1v) is 10.8. The number of hydrogen-bond acceptors (Lipinski definition) is 7. The Morgan fingerprint density at radius 1 is 1.09 bits per heavy atom. The van der Waals surface area contributed by atoms with Gasteiger partial charge in [0.05, 0.1) is 26.2 Å². The van der Waals surface area contributed by atoms with E-state index in [0.29, 0.717) is 36.9 Å². The van der Waals surface area contributed by atoms with Crippen LogP contribution in [-0.4, -0.2) is 69.1 Å². The van der Waals surface area contributed by atoms with Crippen LogP contribution < -0.4 is 19.5 Å². The number of likely N-dealkylation sites (tertiary alicyclic amines) is 1. The lowest BCUT2D eigenvalue weighted by atomic mass is 9.82. The lowest BCUT2D eigenvalue weighted by Gasteiger charge is -2.27. The fraction of sp³-hybridized carbons (Fsp3) is 0.417. The molecule has 4 rings (SSSR count). The predicted octanol–water partition coefficient (Wildman–Crippen LogP) is 2.03. The van der Waals surface area contributed by atoms with E-state index in [1.165, 1.54) is 0 Å². The summed E-state index contributed by atoms with van der Waals surface area (Å²) >= 11 is 0. The quantitative estimate of drug-likeness (QED) is 0.552. The molecule has 1 fully saturated rings. The maximum Gasteiger partial charge on any atom is 0.309 e. The van der Waals surface area contributed by atoms with Gasteiger partial charge in [0, 0.05) is 32.2 Å². The molecule has 2 aliphatic rings. The number of aliphatic carboxylic acids is 1. The zero-order valence-corrected chi connectivity index (χ0v) is 18.7. The largest absolute Gasteiger partial charge is 0.497 e. The highest BCUT2D eigenvalue weighted by atomic mass is 16.7. The second kappa shape index (κ2) is 10.1. The maximum atomic E-state index is 12.6. The van der Waals surface area contributed by atoms with Gasteiger partial charge in [0.2, 0.25) is 12.7 Å². The maximum absolute atomic E-state index is 12.6. The fourth-order valence-corrected chi connectivity index (χ4v) is 4.61. The number of benzene rings is 2. The Bertz CT molecular complexity index is 995. The molecule has 33 heavy (non-hydrogen) atoms. The number of rotatable bonds is 9. The number of amides is 1. The van der Waals surface area contributed by atoms with Crippen molar-refractivity contribution in [3.8, 4) is 17.2 Å². The Morgan fingerprint density at radius 3 is 2.52 bits per heavy atom. The minimum atomic E-state index is -0.916. The molecule has 1 saturated heterocycles. The summed E-state index contributed by atoms with van der Waals surface area (Å²) in [5.74, 6) is -0.263. The van der Waals surface area contributed by atoms with E-state index in [9.17, 15) is 14.7 Å². The van der Waals surface area contributed by atoms with Gasteiger partial charge in [0.15, 0.2) is 11.5 Å². The Kier molecular flexibility index (Phi) is 7.00. The van der Waals surface area contributed by atoms with Crippen molar-refractivity contribution in [3.63, 3.8) is 0 Å². The minimum absolute atomic E-state index is 0.0746. The Hall–Kier alpha value is -3.30. The van der Waals surface area contributed by atoms with E-state index in [2.05, 4.69) is 5.32 Å². The number of carbonyl (C=O) groups is 2. The number of nitrogens with zero attached hydrogens (tertiary/aromatic N) is 1. The van der Waals surface area contributed by atoms with Crippen molar-refractivity contribution in [2.24, 2.45) is 5.92 Å². The molecule has 176 valence electrons. The van der Waals surface area contributed by atoms with E-state index in [4.69, 9.17) is 18.9 Å². The molecule has 1 amide bonds. The van der Waals surface area contributed by atoms with E-state index < -0.39 is 17.9 Å². The van der Waals surface area contributed by atoms with Gasteiger partial charge in [-0.3, -0.25) is 14.5 Å². The smallest absolute Gasteiger partial charge is 0.309 e. The van der Waals surface area contributed by atoms with Crippen LogP contribution in [0.5, 0.6) is 17.2 Å². The van der Waals surface area contributed by atoms with Gasteiger partial charge in [-0.25, -0.2) is 0 Å². The molecule has 0 bridgehead atoms. The van der Waals surface area contributed by atoms with Crippen LogP contribution in [0.15, 0.2) is 42.5 Å². The van der Waals surface area contributed by atoms with E-state index in [-0.39, 0.29) is 25.2 Å². The molecule has 0 spiro atoms. The van der Waals surface area contributed by atoms with Gasteiger partial charge in [-0.2, -0.15) is 0 Å². The van der Waals surface area contributed by atoms with Crippen molar-refractivity contribution in [1.29, 1.82) is 0 Å². The van der Waals surface area contributed by atoms with Gasteiger partial charge in [0.1, 0.15) is 5.75 Å². The molecule has 2 N–H and O–H groups in total. The monoisotopic (exact) mass is 456 g/mol. The Morgan fingerprint density at radius 2 is 1.82 bits per heavy atom. The Labute approximate surface area is 192 Å². The number of ether oxygens (including phenoxy) is 4. The van der Waals surface area contributed by atoms with Crippen LogP contribution in [0, 0.1) is 5.92 Å². The van der Waals surface area contributed by atoms with Crippen molar-refractivity contribution in [2.45, 2.75) is 12.0 Å². The molecule has 0 radical (unpaired) electrons. The third kappa shape index (κ3) is 4.89. The number of carboxylic acid groups (broad SMARTS) is 1. The molecule has 9 heteroatoms. The summed E-state index contributed by atoms with van der Waals surface area (Å²) in [6.45, 7) is 1.43. The molecule has 2 aliphatic heterocycles. The summed E-state index contributed by atoms with van der Waals surface area (Å²) in [6, 6.07) is 12.4. The van der Waals surface area contributed by atoms with Crippen LogP contribution in [-0.2, 0) is 14.3 Å². The molecule has 3 atom stereocenters. The highest BCUT2D eigenvalue weighted by molar-refractivity contribution is 5.79. The third-order valence-corrected chi connectivity index (χ3v) is 6.14. The highest BCUT2D eigenvalue weighted by Gasteiger charge is 2.48. The van der Waals surface area contributed by atoms with Crippen LogP contribution in [0.2, 0.25) is 0 Å². The number of carbonyl (C=O) groups excluding carboxylic acids is 1. The molecule has 0 aliphatic carbocycles. The van der Waals surface area contributed by atoms with Crippen molar-refractivity contribution in [3.05, 3.63) is 53.6 Å². The molecule has 0 saturated carbocycles. The predicted molar refractivity (Wildman–Crippen MR) is 119 cm³/mol. The first-order valence-electron chi connectivity index (χ1n) is 10.8. The Balaban J connectivity index is 1.66. The SMILES string of the molecule is COCCNC(=O)CN1C[C@@H](c2ccc3c(c2)OCO3)[C@H](C(=O)O)[C@H]1c1ccc(OC)cc1. The van der Waals surface area contributed by atoms with E-state index in [1.54, 1.807) is 32.4 Å². The topological polar surface area (TPSA) is 107 Å². The summed E-state index contributed by atoms with van der Waals surface area (Å²) in [5.41, 5.74) is 1.66. The van der Waals surface area contributed by atoms with Gasteiger partial charge < -0.3 is 29.4 Å². The van der Waals surface area contributed by atoms with Gasteiger partial charge in [-0.15, -0.1) is 0 Å². The van der Waals surface area contributed by atoms with Gasteiger partial charge in [0.25, 0.3) is 0 Å². The number of fused-ring (bicyclic) bond motifs is 1. The van der Waals surface area contributed by atoms with Crippen molar-refractivity contribution < 1.29 is 33.6 Å². The van der Waals surface area contributed by atoms with E-state index in [0.717, 1.165) is 11.1 Å². The molecule has 2 heterocycles. The summed E-state index contributed by atoms with van der Waals surface area (Å²) in [6.07, 6.45) is 0. The van der Waals surface area contributed by atoms with Crippen LogP contribution in [0.4, 0.5) is 0 Å². The van der Waals surface area contributed by atoms with Crippen LogP contribution >= 0.6 is 0 Å². The average Bonchev–Trinajstić information content (AvgIpc) is 3.43. The number of methoxy groups -OCH3 is 2. The van der Waals surface area contributed by atoms with Crippen LogP contribution in [0.3, 0.4) is 0 Å². The minimum Gasteiger partial charge on any atom is -0.497 e. The summed E-state index contributed by atoms with van der Waals surface area (Å²) in [7, 11) is 3.15. The van der Waals surface area contributed by atoms with E-state index in [1.807, 2.05) is 29.2 Å². The van der Waals surface area contributed by atoms with Crippen molar-refractivity contribution >= 4 is 11.9 Å². The van der Waals surface area contributed by atoms with Crippen LogP contribution in [0.1, 0.15) is 23.1 Å².